The highest BCUT2D eigenvalue weighted by molar-refractivity contribution is 6.27. The van der Waals surface area contributed by atoms with Gasteiger partial charge in [-0.05, 0) is 131 Å². The molecule has 0 radical (unpaired) electrons. The first-order valence-electron chi connectivity index (χ1n) is 28.2. The SMILES string of the molecule is C=Cc1c(C)c2cc3nc(c(CC(=O)OC)c4nc(cc5[nH]c(cc1[nH]2)c(C)c5CC)C(C)=C4C(=O)N(CCCC)CCCC)C(CCC(=O)OCC=C(C)CCCC(C)CCCC(C)CCCC(C)C)C3C. The molecule has 0 spiro atoms. The van der Waals surface area contributed by atoms with Crippen molar-refractivity contribution in [2.45, 2.75) is 204 Å². The highest BCUT2D eigenvalue weighted by Crippen LogP contribution is 2.44. The van der Waals surface area contributed by atoms with Crippen LogP contribution in [0.4, 0.5) is 0 Å². The Morgan fingerprint density at radius 3 is 2.01 bits per heavy atom. The third kappa shape index (κ3) is 15.6. The number of H-pyrrole nitrogens is 2. The number of carbonyl (C=O) groups is 3. The Bertz CT molecular complexity index is 2600. The number of aromatic nitrogens is 4. The predicted molar refractivity (Wildman–Crippen MR) is 304 cm³/mol. The number of fused-ring (bicyclic) bond motifs is 8. The number of ether oxygens (including phenoxy) is 2. The highest BCUT2D eigenvalue weighted by Gasteiger charge is 2.37. The second-order valence-electron chi connectivity index (χ2n) is 22.1. The first-order chi connectivity index (χ1) is 35.0. The number of hydrogen-bond acceptors (Lipinski definition) is 7. The van der Waals surface area contributed by atoms with Gasteiger partial charge in [0.05, 0.1) is 36.2 Å². The predicted octanol–water partition coefficient (Wildman–Crippen LogP) is 15.8. The summed E-state index contributed by atoms with van der Waals surface area (Å²) in [6.45, 7) is 32.0. The molecule has 3 aromatic rings. The molecule has 2 aliphatic rings. The van der Waals surface area contributed by atoms with Crippen molar-refractivity contribution in [2.24, 2.45) is 17.8 Å². The Morgan fingerprint density at radius 2 is 1.40 bits per heavy atom. The van der Waals surface area contributed by atoms with Crippen molar-refractivity contribution in [3.8, 4) is 0 Å². The summed E-state index contributed by atoms with van der Waals surface area (Å²) in [6, 6.07) is 6.29. The molecule has 5 rings (SSSR count). The van der Waals surface area contributed by atoms with Gasteiger partial charge in [-0.1, -0.05) is 131 Å². The Hall–Kier alpha value is -5.25. The van der Waals surface area contributed by atoms with E-state index in [2.05, 4.69) is 111 Å². The average Bonchev–Trinajstić information content (AvgIpc) is 4.04. The smallest absolute Gasteiger partial charge is 0.310 e. The molecule has 4 unspecified atom stereocenters. The standard InChI is InChI=1S/C63H93N5O5/c1-15-19-33-68(34-20-16-2)63(71)60-47(13)55-39-57-49(18-4)45(11)53(65-57)38-56-48(17-3)44(10)52(64-56)37-54-46(12)50(61(66-54)51(62(60)67-55)36-59(70)72-14)30-31-58(69)73-35-32-43(9)29-23-28-42(8)27-22-26-41(7)25-21-24-40(5)6/h17,32,37-42,46,50,64-65H,3,15-16,18-31,33-36H2,1-2,4-14H3. The Balaban J connectivity index is 1.52. The maximum atomic E-state index is 15.2. The van der Waals surface area contributed by atoms with E-state index in [0.717, 1.165) is 112 Å². The van der Waals surface area contributed by atoms with Crippen molar-refractivity contribution < 1.29 is 23.9 Å². The van der Waals surface area contributed by atoms with E-state index in [4.69, 9.17) is 19.4 Å². The highest BCUT2D eigenvalue weighted by atomic mass is 16.5. The quantitative estimate of drug-likeness (QED) is 0.0547. The minimum absolute atomic E-state index is 0.103. The van der Waals surface area contributed by atoms with E-state index < -0.39 is 5.97 Å². The van der Waals surface area contributed by atoms with Gasteiger partial charge < -0.3 is 24.3 Å². The maximum Gasteiger partial charge on any atom is 0.310 e. The molecule has 5 heterocycles. The number of aryl methyl sites for hydroxylation is 3. The number of nitrogens with zero attached hydrogens (tertiary/aromatic N) is 3. The summed E-state index contributed by atoms with van der Waals surface area (Å²) in [7, 11) is 1.38. The lowest BCUT2D eigenvalue weighted by molar-refractivity contribution is -0.143. The molecule has 2 N–H and O–H groups in total. The number of hydrogen-bond donors (Lipinski definition) is 2. The van der Waals surface area contributed by atoms with E-state index >= 15 is 4.79 Å². The zero-order chi connectivity index (χ0) is 53.4. The van der Waals surface area contributed by atoms with Gasteiger partial charge in [0.25, 0.3) is 5.91 Å². The lowest BCUT2D eigenvalue weighted by Gasteiger charge is -2.24. The van der Waals surface area contributed by atoms with E-state index in [1.54, 1.807) is 0 Å². The van der Waals surface area contributed by atoms with Crippen LogP contribution < -0.4 is 0 Å². The van der Waals surface area contributed by atoms with Crippen LogP contribution >= 0.6 is 0 Å². The van der Waals surface area contributed by atoms with Crippen LogP contribution in [0.15, 0.2) is 36.4 Å². The molecule has 73 heavy (non-hydrogen) atoms. The summed E-state index contributed by atoms with van der Waals surface area (Å²) in [5, 5.41) is 0. The van der Waals surface area contributed by atoms with Crippen LogP contribution in [0.1, 0.15) is 228 Å². The molecule has 1 amide bonds. The molecule has 0 saturated carbocycles. The van der Waals surface area contributed by atoms with Crippen LogP contribution in [0, 0.1) is 31.6 Å². The van der Waals surface area contributed by atoms with Gasteiger partial charge >= 0.3 is 11.9 Å². The minimum atomic E-state index is -0.461. The van der Waals surface area contributed by atoms with Crippen molar-refractivity contribution in [2.75, 3.05) is 26.8 Å². The summed E-state index contributed by atoms with van der Waals surface area (Å²) in [6.07, 6.45) is 20.1. The number of aromatic amines is 2. The van der Waals surface area contributed by atoms with Crippen LogP contribution in [0.5, 0.6) is 0 Å². The Labute approximate surface area is 439 Å². The van der Waals surface area contributed by atoms with Gasteiger partial charge in [0.1, 0.15) is 6.61 Å². The fourth-order valence-electron chi connectivity index (χ4n) is 10.9. The second-order valence-corrected chi connectivity index (χ2v) is 22.1. The number of unbranched alkanes of at least 4 members (excludes halogenated alkanes) is 2. The number of esters is 2. The number of allylic oxidation sites excluding steroid dienone is 2. The molecule has 0 aliphatic carbocycles. The van der Waals surface area contributed by atoms with Crippen molar-refractivity contribution in [3.05, 3.63) is 87.0 Å². The van der Waals surface area contributed by atoms with Crippen LogP contribution in [0.25, 0.3) is 39.3 Å². The summed E-state index contributed by atoms with van der Waals surface area (Å²) in [5.74, 6) is 1.01. The number of nitrogens with one attached hydrogen (secondary N) is 2. The monoisotopic (exact) mass is 1000 g/mol. The number of methoxy groups -OCH3 is 1. The largest absolute Gasteiger partial charge is 0.469 e. The first kappa shape index (κ1) is 58.6. The second kappa shape index (κ2) is 28.4. The minimum Gasteiger partial charge on any atom is -0.469 e. The van der Waals surface area contributed by atoms with E-state index in [0.29, 0.717) is 53.6 Å². The summed E-state index contributed by atoms with van der Waals surface area (Å²) in [5.41, 5.74) is 13.6. The van der Waals surface area contributed by atoms with Crippen LogP contribution in [-0.2, 0) is 36.7 Å². The van der Waals surface area contributed by atoms with E-state index in [1.807, 2.05) is 24.0 Å². The zero-order valence-corrected chi connectivity index (χ0v) is 47.5. The lowest BCUT2D eigenvalue weighted by Crippen LogP contribution is -2.34. The van der Waals surface area contributed by atoms with E-state index in [1.165, 1.54) is 57.6 Å². The molecular weight excluding hydrogens is 907 g/mol. The van der Waals surface area contributed by atoms with Crippen molar-refractivity contribution in [3.63, 3.8) is 0 Å². The van der Waals surface area contributed by atoms with Crippen LogP contribution in [0.3, 0.4) is 0 Å². The van der Waals surface area contributed by atoms with Gasteiger partial charge in [-0.25, -0.2) is 4.98 Å². The van der Waals surface area contributed by atoms with Gasteiger partial charge in [0.2, 0.25) is 0 Å². The number of rotatable bonds is 28. The molecule has 400 valence electrons. The van der Waals surface area contributed by atoms with E-state index in [9.17, 15) is 9.59 Å². The molecular formula is C63H93N5O5. The van der Waals surface area contributed by atoms with E-state index in [-0.39, 0.29) is 43.2 Å². The van der Waals surface area contributed by atoms with Gasteiger partial charge in [0.15, 0.2) is 0 Å². The van der Waals surface area contributed by atoms with Crippen LogP contribution in [0.2, 0.25) is 0 Å². The van der Waals surface area contributed by atoms with Gasteiger partial charge in [-0.15, -0.1) is 0 Å². The van der Waals surface area contributed by atoms with Crippen molar-refractivity contribution in [1.29, 1.82) is 0 Å². The molecule has 4 atom stereocenters. The topological polar surface area (TPSA) is 130 Å². The molecule has 10 heteroatoms. The third-order valence-corrected chi connectivity index (χ3v) is 15.8. The fraction of sp³-hybridized carbons (Fsp3) is 0.603. The normalized spacial score (nSPS) is 15.7. The molecule has 0 fully saturated rings. The van der Waals surface area contributed by atoms with Gasteiger partial charge in [-0.2, -0.15) is 0 Å². The summed E-state index contributed by atoms with van der Waals surface area (Å²) < 4.78 is 11.3. The Morgan fingerprint density at radius 1 is 0.767 bits per heavy atom. The molecule has 2 aliphatic heterocycles. The molecule has 8 bridgehead atoms. The lowest BCUT2D eigenvalue weighted by atomic mass is 9.84. The number of amides is 1. The summed E-state index contributed by atoms with van der Waals surface area (Å²) in [4.78, 5) is 62.7. The maximum absolute atomic E-state index is 15.2. The van der Waals surface area contributed by atoms with Crippen molar-refractivity contribution in [1.82, 2.24) is 24.8 Å². The molecule has 0 saturated heterocycles. The molecule has 10 nitrogen and oxygen atoms in total. The van der Waals surface area contributed by atoms with Gasteiger partial charge in [-0.3, -0.25) is 19.4 Å². The third-order valence-electron chi connectivity index (χ3n) is 15.8. The summed E-state index contributed by atoms with van der Waals surface area (Å²) >= 11 is 0. The van der Waals surface area contributed by atoms with Gasteiger partial charge in [0, 0.05) is 70.2 Å². The number of carbonyl (C=O) groups excluding carboxylic acids is 3. The fourth-order valence-corrected chi connectivity index (χ4v) is 10.9. The average molecular weight is 1000 g/mol. The van der Waals surface area contributed by atoms with Crippen molar-refractivity contribution >= 4 is 57.1 Å². The van der Waals surface area contributed by atoms with Crippen LogP contribution in [-0.4, -0.2) is 69.5 Å². The molecule has 3 aromatic heterocycles. The molecule has 0 aromatic carbocycles. The first-order valence-corrected chi connectivity index (χ1v) is 28.2. The zero-order valence-electron chi connectivity index (χ0n) is 47.5. The Kier molecular flexibility index (Phi) is 22.8.